The van der Waals surface area contributed by atoms with Gasteiger partial charge in [0.1, 0.15) is 0 Å². The van der Waals surface area contributed by atoms with Crippen LogP contribution in [0.2, 0.25) is 5.28 Å². The summed E-state index contributed by atoms with van der Waals surface area (Å²) in [5.74, 6) is 0.656. The molecular formula is C10H12ClN5S. The standard InChI is InChI=1S/C10H12ClN5S/c1-2-16(6-7-4-3-5-17-7)10-14-8(11)13-9(12)15-10/h3-5H,2,6H2,1H3,(H2,12,13,14,15). The van der Waals surface area contributed by atoms with Crippen molar-refractivity contribution in [1.29, 1.82) is 0 Å². The highest BCUT2D eigenvalue weighted by molar-refractivity contribution is 7.09. The molecule has 7 heteroatoms. The smallest absolute Gasteiger partial charge is 0.231 e. The lowest BCUT2D eigenvalue weighted by molar-refractivity contribution is 0.794. The summed E-state index contributed by atoms with van der Waals surface area (Å²) in [6.07, 6.45) is 0. The van der Waals surface area contributed by atoms with Gasteiger partial charge in [-0.25, -0.2) is 0 Å². The minimum absolute atomic E-state index is 0.122. The van der Waals surface area contributed by atoms with E-state index in [9.17, 15) is 0 Å². The fourth-order valence-corrected chi connectivity index (χ4v) is 2.29. The number of rotatable bonds is 4. The molecule has 0 amide bonds. The number of nitrogens with zero attached hydrogens (tertiary/aromatic N) is 4. The second-order valence-electron chi connectivity index (χ2n) is 3.36. The monoisotopic (exact) mass is 269 g/mol. The van der Waals surface area contributed by atoms with Crippen LogP contribution in [0, 0.1) is 0 Å². The second kappa shape index (κ2) is 5.29. The number of aromatic nitrogens is 3. The van der Waals surface area contributed by atoms with Crippen LogP contribution in [0.4, 0.5) is 11.9 Å². The molecule has 2 aromatic heterocycles. The maximum Gasteiger partial charge on any atom is 0.231 e. The number of nitrogens with two attached hydrogens (primary N) is 1. The fraction of sp³-hybridized carbons (Fsp3) is 0.300. The van der Waals surface area contributed by atoms with Crippen molar-refractivity contribution in [2.24, 2.45) is 0 Å². The van der Waals surface area contributed by atoms with Gasteiger partial charge in [0.15, 0.2) is 0 Å². The van der Waals surface area contributed by atoms with E-state index in [1.54, 1.807) is 11.3 Å². The predicted molar refractivity (Wildman–Crippen MR) is 70.3 cm³/mol. The van der Waals surface area contributed by atoms with Crippen LogP contribution in [0.25, 0.3) is 0 Å². The molecule has 2 N–H and O–H groups in total. The summed E-state index contributed by atoms with van der Waals surface area (Å²) in [5, 5.41) is 2.16. The van der Waals surface area contributed by atoms with Crippen LogP contribution in [0.5, 0.6) is 0 Å². The first-order valence-electron chi connectivity index (χ1n) is 5.13. The third-order valence-corrected chi connectivity index (χ3v) is 3.24. The van der Waals surface area contributed by atoms with Crippen LogP contribution in [0.15, 0.2) is 17.5 Å². The molecule has 0 aliphatic rings. The average molecular weight is 270 g/mol. The van der Waals surface area contributed by atoms with Gasteiger partial charge >= 0.3 is 0 Å². The van der Waals surface area contributed by atoms with E-state index in [1.165, 1.54) is 4.88 Å². The number of hydrogen-bond donors (Lipinski definition) is 1. The van der Waals surface area contributed by atoms with Crippen LogP contribution >= 0.6 is 22.9 Å². The summed E-state index contributed by atoms with van der Waals surface area (Å²) in [6, 6.07) is 4.09. The van der Waals surface area contributed by atoms with E-state index >= 15 is 0 Å². The molecule has 0 bridgehead atoms. The van der Waals surface area contributed by atoms with E-state index in [0.717, 1.165) is 13.1 Å². The molecule has 0 aliphatic carbocycles. The fourth-order valence-electron chi connectivity index (χ4n) is 1.41. The van der Waals surface area contributed by atoms with Crippen LogP contribution in [0.3, 0.4) is 0 Å². The molecule has 5 nitrogen and oxygen atoms in total. The Hall–Kier alpha value is -1.40. The van der Waals surface area contributed by atoms with Crippen molar-refractivity contribution in [3.8, 4) is 0 Å². The van der Waals surface area contributed by atoms with Crippen LogP contribution < -0.4 is 10.6 Å². The first-order chi connectivity index (χ1) is 8.19. The van der Waals surface area contributed by atoms with Gasteiger partial charge in [-0.1, -0.05) is 6.07 Å². The van der Waals surface area contributed by atoms with Crippen molar-refractivity contribution in [3.63, 3.8) is 0 Å². The van der Waals surface area contributed by atoms with Crippen molar-refractivity contribution in [3.05, 3.63) is 27.7 Å². The highest BCUT2D eigenvalue weighted by atomic mass is 35.5. The molecule has 0 unspecified atom stereocenters. The Morgan fingerprint density at radius 3 is 2.82 bits per heavy atom. The Morgan fingerprint density at radius 1 is 1.41 bits per heavy atom. The van der Waals surface area contributed by atoms with Crippen LogP contribution in [-0.4, -0.2) is 21.5 Å². The van der Waals surface area contributed by atoms with Gasteiger partial charge in [-0.2, -0.15) is 15.0 Å². The molecule has 0 radical (unpaired) electrons. The van der Waals surface area contributed by atoms with Crippen molar-refractivity contribution in [2.45, 2.75) is 13.5 Å². The molecule has 90 valence electrons. The van der Waals surface area contributed by atoms with Gasteiger partial charge in [0.25, 0.3) is 0 Å². The first-order valence-corrected chi connectivity index (χ1v) is 6.39. The van der Waals surface area contributed by atoms with Gasteiger partial charge in [0.2, 0.25) is 17.2 Å². The molecule has 2 heterocycles. The lowest BCUT2D eigenvalue weighted by atomic mass is 10.4. The largest absolute Gasteiger partial charge is 0.368 e. The summed E-state index contributed by atoms with van der Waals surface area (Å²) in [7, 11) is 0. The number of anilines is 2. The van der Waals surface area contributed by atoms with Crippen molar-refractivity contribution in [2.75, 3.05) is 17.2 Å². The topological polar surface area (TPSA) is 67.9 Å². The summed E-state index contributed by atoms with van der Waals surface area (Å²) in [4.78, 5) is 15.1. The minimum atomic E-state index is 0.122. The molecule has 0 saturated heterocycles. The molecule has 2 rings (SSSR count). The van der Waals surface area contributed by atoms with Gasteiger partial charge in [0.05, 0.1) is 6.54 Å². The van der Waals surface area contributed by atoms with Gasteiger partial charge in [-0.05, 0) is 30.0 Å². The van der Waals surface area contributed by atoms with Crippen molar-refractivity contribution < 1.29 is 0 Å². The molecule has 0 atom stereocenters. The molecule has 0 aliphatic heterocycles. The summed E-state index contributed by atoms with van der Waals surface area (Å²) < 4.78 is 0. The van der Waals surface area contributed by atoms with E-state index < -0.39 is 0 Å². The minimum Gasteiger partial charge on any atom is -0.368 e. The number of thiophene rings is 1. The zero-order chi connectivity index (χ0) is 12.3. The zero-order valence-electron chi connectivity index (χ0n) is 9.30. The second-order valence-corrected chi connectivity index (χ2v) is 4.73. The third kappa shape index (κ3) is 3.04. The predicted octanol–water partition coefficient (Wildman–Crippen LogP) is 2.20. The van der Waals surface area contributed by atoms with E-state index in [-0.39, 0.29) is 11.2 Å². The first kappa shape index (κ1) is 12.1. The van der Waals surface area contributed by atoms with Crippen LogP contribution in [-0.2, 0) is 6.54 Å². The van der Waals surface area contributed by atoms with E-state index in [4.69, 9.17) is 17.3 Å². The zero-order valence-corrected chi connectivity index (χ0v) is 10.9. The summed E-state index contributed by atoms with van der Waals surface area (Å²) in [6.45, 7) is 3.55. The lowest BCUT2D eigenvalue weighted by Gasteiger charge is -2.19. The Bertz CT molecular complexity index is 467. The number of halogens is 1. The molecule has 0 saturated carbocycles. The van der Waals surface area contributed by atoms with Crippen LogP contribution in [0.1, 0.15) is 11.8 Å². The van der Waals surface area contributed by atoms with Crippen molar-refractivity contribution >= 4 is 34.8 Å². The highest BCUT2D eigenvalue weighted by Gasteiger charge is 2.11. The van der Waals surface area contributed by atoms with Gasteiger partial charge in [0, 0.05) is 11.4 Å². The third-order valence-electron chi connectivity index (χ3n) is 2.20. The Morgan fingerprint density at radius 2 is 2.24 bits per heavy atom. The van der Waals surface area contributed by atoms with E-state index in [0.29, 0.717) is 5.95 Å². The number of nitrogen functional groups attached to an aromatic ring is 1. The molecule has 2 aromatic rings. The average Bonchev–Trinajstić information content (AvgIpc) is 2.77. The van der Waals surface area contributed by atoms with E-state index in [2.05, 4.69) is 21.0 Å². The highest BCUT2D eigenvalue weighted by Crippen LogP contribution is 2.17. The normalized spacial score (nSPS) is 10.5. The molecule has 17 heavy (non-hydrogen) atoms. The summed E-state index contributed by atoms with van der Waals surface area (Å²) >= 11 is 7.46. The maximum atomic E-state index is 5.77. The Balaban J connectivity index is 2.22. The Labute approximate surface area is 108 Å². The molecule has 0 aromatic carbocycles. The Kier molecular flexibility index (Phi) is 3.75. The number of hydrogen-bond acceptors (Lipinski definition) is 6. The maximum absolute atomic E-state index is 5.77. The quantitative estimate of drug-likeness (QED) is 0.922. The van der Waals surface area contributed by atoms with Gasteiger partial charge in [-0.3, -0.25) is 0 Å². The van der Waals surface area contributed by atoms with Crippen molar-refractivity contribution in [1.82, 2.24) is 15.0 Å². The summed E-state index contributed by atoms with van der Waals surface area (Å²) in [5.41, 5.74) is 5.55. The van der Waals surface area contributed by atoms with E-state index in [1.807, 2.05) is 23.3 Å². The molecular weight excluding hydrogens is 258 g/mol. The molecule has 0 fully saturated rings. The molecule has 0 spiro atoms. The lowest BCUT2D eigenvalue weighted by Crippen LogP contribution is -2.24. The van der Waals surface area contributed by atoms with Gasteiger partial charge in [-0.15, -0.1) is 11.3 Å². The SMILES string of the molecule is CCN(Cc1cccs1)c1nc(N)nc(Cl)n1. The van der Waals surface area contributed by atoms with Gasteiger partial charge < -0.3 is 10.6 Å².